The zero-order valence-corrected chi connectivity index (χ0v) is 20.5. The van der Waals surface area contributed by atoms with Gasteiger partial charge in [-0.25, -0.2) is 0 Å². The van der Waals surface area contributed by atoms with E-state index in [0.29, 0.717) is 31.8 Å². The van der Waals surface area contributed by atoms with Crippen LogP contribution in [-0.4, -0.2) is 0 Å². The van der Waals surface area contributed by atoms with Crippen molar-refractivity contribution < 1.29 is 27.1 Å². The van der Waals surface area contributed by atoms with E-state index in [4.69, 9.17) is 48.7 Å². The zero-order chi connectivity index (χ0) is 25.5. The summed E-state index contributed by atoms with van der Waals surface area (Å²) in [6.45, 7) is 3.30. The summed E-state index contributed by atoms with van der Waals surface area (Å²) in [5.74, 6) is -2.35. The molecule has 0 aliphatic heterocycles. The first-order valence-electron chi connectivity index (χ1n) is 10.1. The van der Waals surface area contributed by atoms with Crippen LogP contribution in [0, 0.1) is 13.8 Å². The lowest BCUT2D eigenvalue weighted by Crippen LogP contribution is -2.15. The maximum Gasteiger partial charge on any atom is 0.453 e. The number of rotatable bonds is 5. The molecule has 4 aromatic rings. The van der Waals surface area contributed by atoms with Crippen molar-refractivity contribution in [3.05, 3.63) is 96.3 Å². The summed E-state index contributed by atoms with van der Waals surface area (Å²) in [7, 11) is 0. The van der Waals surface area contributed by atoms with Gasteiger partial charge >= 0.3 is 6.18 Å². The van der Waals surface area contributed by atoms with E-state index in [2.05, 4.69) is 0 Å². The van der Waals surface area contributed by atoms with E-state index < -0.39 is 23.1 Å². The highest BCUT2D eigenvalue weighted by molar-refractivity contribution is 6.36. The Hall–Kier alpha value is -2.87. The molecule has 0 aliphatic carbocycles. The van der Waals surface area contributed by atoms with E-state index in [1.54, 1.807) is 32.0 Å². The van der Waals surface area contributed by atoms with Crippen LogP contribution in [0.2, 0.25) is 15.1 Å². The predicted octanol–water partition coefficient (Wildman–Crippen LogP) is 8.76. The molecular formula is C25H16Cl3F3O4. The number of fused-ring (bicyclic) bond motifs is 1. The molecule has 182 valence electrons. The van der Waals surface area contributed by atoms with Crippen LogP contribution in [0.15, 0.2) is 57.7 Å². The molecular weight excluding hydrogens is 528 g/mol. The van der Waals surface area contributed by atoms with E-state index in [9.17, 15) is 18.0 Å². The summed E-state index contributed by atoms with van der Waals surface area (Å²) in [6, 6.07) is 11.7. The van der Waals surface area contributed by atoms with E-state index in [0.717, 1.165) is 0 Å². The Kier molecular flexibility index (Phi) is 6.95. The number of benzene rings is 3. The Labute approximate surface area is 212 Å². The first-order chi connectivity index (χ1) is 16.5. The van der Waals surface area contributed by atoms with E-state index >= 15 is 0 Å². The third-order valence-corrected chi connectivity index (χ3v) is 6.46. The first kappa shape index (κ1) is 25.2. The van der Waals surface area contributed by atoms with Gasteiger partial charge in [-0.1, -0.05) is 40.9 Å². The van der Waals surface area contributed by atoms with Gasteiger partial charge in [0.05, 0.1) is 5.39 Å². The van der Waals surface area contributed by atoms with Gasteiger partial charge in [-0.3, -0.25) is 4.79 Å². The lowest BCUT2D eigenvalue weighted by atomic mass is 10.1. The van der Waals surface area contributed by atoms with Crippen LogP contribution in [0.5, 0.6) is 17.2 Å². The summed E-state index contributed by atoms with van der Waals surface area (Å²) in [5.41, 5.74) is 0.373. The minimum Gasteiger partial charge on any atom is -0.489 e. The largest absolute Gasteiger partial charge is 0.489 e. The van der Waals surface area contributed by atoms with Crippen molar-refractivity contribution in [1.29, 1.82) is 0 Å². The molecule has 4 nitrogen and oxygen atoms in total. The minimum atomic E-state index is -5.00. The lowest BCUT2D eigenvalue weighted by Gasteiger charge is -2.15. The Balaban J connectivity index is 1.75. The Morgan fingerprint density at radius 2 is 1.54 bits per heavy atom. The van der Waals surface area contributed by atoms with Gasteiger partial charge in [-0.2, -0.15) is 13.2 Å². The molecule has 0 N–H and O–H groups in total. The number of alkyl halides is 3. The summed E-state index contributed by atoms with van der Waals surface area (Å²) in [5, 5.41) is 1.08. The topological polar surface area (TPSA) is 48.7 Å². The van der Waals surface area contributed by atoms with Crippen LogP contribution < -0.4 is 14.9 Å². The molecule has 0 aliphatic rings. The molecule has 0 radical (unpaired) electrons. The van der Waals surface area contributed by atoms with E-state index in [1.165, 1.54) is 30.3 Å². The van der Waals surface area contributed by atoms with Crippen molar-refractivity contribution in [2.45, 2.75) is 26.6 Å². The molecule has 0 unspecified atom stereocenters. The first-order valence-corrected chi connectivity index (χ1v) is 11.3. The highest BCUT2D eigenvalue weighted by Crippen LogP contribution is 2.39. The van der Waals surface area contributed by atoms with Crippen molar-refractivity contribution in [1.82, 2.24) is 0 Å². The van der Waals surface area contributed by atoms with Gasteiger partial charge in [0, 0.05) is 26.7 Å². The highest BCUT2D eigenvalue weighted by atomic mass is 35.5. The van der Waals surface area contributed by atoms with Gasteiger partial charge in [0.2, 0.25) is 11.2 Å². The molecule has 0 atom stereocenters. The summed E-state index contributed by atoms with van der Waals surface area (Å²) in [6.07, 6.45) is -5.00. The Morgan fingerprint density at radius 1 is 0.914 bits per heavy atom. The van der Waals surface area contributed by atoms with E-state index in [-0.39, 0.29) is 29.1 Å². The second-order valence-electron chi connectivity index (χ2n) is 7.71. The van der Waals surface area contributed by atoms with Crippen molar-refractivity contribution >= 4 is 45.8 Å². The van der Waals surface area contributed by atoms with Crippen molar-refractivity contribution in [2.75, 3.05) is 0 Å². The van der Waals surface area contributed by atoms with Crippen LogP contribution >= 0.6 is 34.8 Å². The number of hydrogen-bond donors (Lipinski definition) is 0. The molecule has 3 aromatic carbocycles. The van der Waals surface area contributed by atoms with Crippen LogP contribution in [0.25, 0.3) is 11.0 Å². The maximum absolute atomic E-state index is 13.8. The molecule has 0 spiro atoms. The number of hydrogen-bond acceptors (Lipinski definition) is 4. The minimum absolute atomic E-state index is 0.0260. The number of aryl methyl sites for hydroxylation is 2. The monoisotopic (exact) mass is 542 g/mol. The fourth-order valence-corrected chi connectivity index (χ4v) is 4.05. The average molecular weight is 544 g/mol. The molecule has 0 saturated heterocycles. The number of ether oxygens (including phenoxy) is 2. The van der Waals surface area contributed by atoms with Gasteiger partial charge < -0.3 is 13.9 Å². The fourth-order valence-electron chi connectivity index (χ4n) is 3.43. The van der Waals surface area contributed by atoms with Gasteiger partial charge in [0.1, 0.15) is 23.7 Å². The predicted molar refractivity (Wildman–Crippen MR) is 129 cm³/mol. The van der Waals surface area contributed by atoms with Gasteiger partial charge in [-0.15, -0.1) is 0 Å². The summed E-state index contributed by atoms with van der Waals surface area (Å²) >= 11 is 18.4. The second-order valence-corrected chi connectivity index (χ2v) is 8.90. The van der Waals surface area contributed by atoms with Crippen LogP contribution in [0.1, 0.15) is 22.5 Å². The Bertz CT molecular complexity index is 1450. The summed E-state index contributed by atoms with van der Waals surface area (Å²) < 4.78 is 57.7. The van der Waals surface area contributed by atoms with Crippen molar-refractivity contribution in [3.8, 4) is 17.2 Å². The molecule has 0 bridgehead atoms. The molecule has 0 fully saturated rings. The van der Waals surface area contributed by atoms with E-state index in [1.807, 2.05) is 0 Å². The number of halogens is 6. The molecule has 10 heteroatoms. The van der Waals surface area contributed by atoms with Crippen molar-refractivity contribution in [3.63, 3.8) is 0 Å². The smallest absolute Gasteiger partial charge is 0.453 e. The Morgan fingerprint density at radius 3 is 2.14 bits per heavy atom. The van der Waals surface area contributed by atoms with Crippen molar-refractivity contribution in [2.24, 2.45) is 0 Å². The standard InChI is InChI=1S/C25H16Cl3F3O4/c1-12-8-15(9-13(2)21(12)28)34-23-22(32)16-7-6-14(10-20(16)35-24(23)25(29,30)31)33-11-17-18(26)4-3-5-19(17)27/h3-10H,11H2,1-2H3. The molecule has 4 rings (SSSR count). The molecule has 35 heavy (non-hydrogen) atoms. The van der Waals surface area contributed by atoms with Crippen LogP contribution in [-0.2, 0) is 12.8 Å². The third kappa shape index (κ3) is 5.22. The molecule has 1 aromatic heterocycles. The second kappa shape index (κ2) is 9.64. The zero-order valence-electron chi connectivity index (χ0n) is 18.2. The van der Waals surface area contributed by atoms with Gasteiger partial charge in [0.25, 0.3) is 5.76 Å². The molecule has 0 saturated carbocycles. The quantitative estimate of drug-likeness (QED) is 0.252. The molecule has 0 amide bonds. The van der Waals surface area contributed by atoms with Gasteiger partial charge in [0.15, 0.2) is 0 Å². The highest BCUT2D eigenvalue weighted by Gasteiger charge is 2.40. The average Bonchev–Trinajstić information content (AvgIpc) is 2.78. The third-order valence-electron chi connectivity index (χ3n) is 5.15. The lowest BCUT2D eigenvalue weighted by molar-refractivity contribution is -0.154. The summed E-state index contributed by atoms with van der Waals surface area (Å²) in [4.78, 5) is 13.0. The SMILES string of the molecule is Cc1cc(Oc2c(C(F)(F)F)oc3cc(OCc4c(Cl)cccc4Cl)ccc3c2=O)cc(C)c1Cl. The normalized spacial score (nSPS) is 11.7. The van der Waals surface area contributed by atoms with Crippen LogP contribution in [0.4, 0.5) is 13.2 Å². The van der Waals surface area contributed by atoms with Crippen LogP contribution in [0.3, 0.4) is 0 Å². The fraction of sp³-hybridized carbons (Fsp3) is 0.160. The van der Waals surface area contributed by atoms with Gasteiger partial charge in [-0.05, 0) is 61.4 Å². The maximum atomic E-state index is 13.8. The molecule has 1 heterocycles.